The number of imidazole rings is 2. The normalized spacial score (nSPS) is 15.3. The highest BCUT2D eigenvalue weighted by molar-refractivity contribution is 7.43. The van der Waals surface area contributed by atoms with Gasteiger partial charge in [0.2, 0.25) is 5.78 Å². The van der Waals surface area contributed by atoms with Crippen molar-refractivity contribution in [1.29, 1.82) is 0 Å². The van der Waals surface area contributed by atoms with Crippen LogP contribution in [0.1, 0.15) is 0 Å². The third-order valence-electron chi connectivity index (χ3n) is 8.87. The molecule has 9 rings (SSSR count). The molecule has 0 aliphatic carbocycles. The lowest BCUT2D eigenvalue weighted by atomic mass is 10.0. The van der Waals surface area contributed by atoms with E-state index in [9.17, 15) is 0 Å². The van der Waals surface area contributed by atoms with Gasteiger partial charge in [0.1, 0.15) is 7.94 Å². The Morgan fingerprint density at radius 1 is 0.575 bits per heavy atom. The van der Waals surface area contributed by atoms with Gasteiger partial charge in [0.15, 0.2) is 0 Å². The van der Waals surface area contributed by atoms with Gasteiger partial charge in [-0.1, -0.05) is 73.8 Å². The number of benzene rings is 5. The van der Waals surface area contributed by atoms with E-state index in [4.69, 9.17) is 4.98 Å². The fourth-order valence-electron chi connectivity index (χ4n) is 7.19. The third kappa shape index (κ3) is 2.70. The quantitative estimate of drug-likeness (QED) is 0.221. The average Bonchev–Trinajstić information content (AvgIpc) is 3.69. The molecule has 2 aliphatic heterocycles. The Bertz CT molecular complexity index is 2140. The second kappa shape index (κ2) is 7.67. The van der Waals surface area contributed by atoms with Gasteiger partial charge in [0.25, 0.3) is 0 Å². The molecule has 0 saturated carbocycles. The molecule has 0 fully saturated rings. The zero-order valence-corrected chi connectivity index (χ0v) is 23.4. The maximum Gasteiger partial charge on any atom is 0.370 e. The molecule has 0 amide bonds. The summed E-state index contributed by atoms with van der Waals surface area (Å²) in [5.74, 6) is 0.936. The van der Waals surface area contributed by atoms with Gasteiger partial charge in [-0.2, -0.15) is 0 Å². The fourth-order valence-corrected chi connectivity index (χ4v) is 10.7. The smallest absolute Gasteiger partial charge is 0.367 e. The van der Waals surface area contributed by atoms with Gasteiger partial charge in [-0.25, -0.2) is 4.98 Å². The van der Waals surface area contributed by atoms with Crippen LogP contribution < -0.4 is 14.8 Å². The molecule has 0 N–H and O–H groups in total. The summed E-state index contributed by atoms with van der Waals surface area (Å²) in [7, 11) is -1.90. The molecular weight excluding hydrogens is 505 g/mol. The summed E-state index contributed by atoms with van der Waals surface area (Å²) >= 11 is 0. The lowest BCUT2D eigenvalue weighted by molar-refractivity contribution is 1.11. The molecule has 0 atom stereocenters. The van der Waals surface area contributed by atoms with Crippen LogP contribution in [0.5, 0.6) is 0 Å². The Hall–Kier alpha value is -4.75. The molecule has 2 aliphatic rings. The van der Waals surface area contributed by atoms with Crippen LogP contribution in [0.25, 0.3) is 33.5 Å². The maximum absolute atomic E-state index is 5.11. The molecule has 0 bridgehead atoms. The van der Waals surface area contributed by atoms with Crippen LogP contribution in [0.15, 0.2) is 121 Å². The molecule has 0 unspecified atom stereocenters. The molecule has 40 heavy (non-hydrogen) atoms. The molecule has 4 heterocycles. The molecule has 7 aromatic rings. The summed E-state index contributed by atoms with van der Waals surface area (Å²) < 4.78 is 4.60. The predicted molar refractivity (Wildman–Crippen MR) is 170 cm³/mol. The molecule has 0 radical (unpaired) electrons. The third-order valence-corrected chi connectivity index (χ3v) is 12.5. The van der Waals surface area contributed by atoms with E-state index in [-0.39, 0.29) is 6.57 Å². The van der Waals surface area contributed by atoms with Crippen LogP contribution in [-0.2, 0) is 0 Å². The van der Waals surface area contributed by atoms with Gasteiger partial charge in [-0.15, -0.1) is 0 Å². The summed E-state index contributed by atoms with van der Waals surface area (Å²) in [6.07, 6.45) is 0. The van der Waals surface area contributed by atoms with Crippen molar-refractivity contribution in [1.82, 2.24) is 14.0 Å². The number of anilines is 4. The minimum atomic E-state index is -1.90. The number of nitrogens with zero attached hydrogens (tertiary/aromatic N) is 5. The van der Waals surface area contributed by atoms with E-state index in [1.807, 2.05) is 0 Å². The summed E-state index contributed by atoms with van der Waals surface area (Å²) in [6.45, 7) is 5.30. The van der Waals surface area contributed by atoms with E-state index in [1.165, 1.54) is 27.9 Å². The maximum atomic E-state index is 5.11. The summed E-state index contributed by atoms with van der Waals surface area (Å²) in [6, 6.07) is 43.9. The monoisotopic (exact) mass is 531 g/mol. The van der Waals surface area contributed by atoms with Crippen molar-refractivity contribution in [2.75, 3.05) is 9.62 Å². The standard InChI is InChI=1S/C33H26BN5Si/c1-40(2)32-21-10-9-20-31(32)39-30-19-8-7-18-29(30)38(34(39)40)24-13-11-12-23(22-24)36-27-16-5-6-17-28(27)37-26-15-4-3-14-25(26)35-33(36)37/h3-22H,1-2H3. The Morgan fingerprint density at radius 2 is 1.20 bits per heavy atom. The first-order chi connectivity index (χ1) is 19.6. The molecule has 0 spiro atoms. The van der Waals surface area contributed by atoms with Crippen LogP contribution in [0, 0.1) is 0 Å². The van der Waals surface area contributed by atoms with Crippen molar-refractivity contribution >= 4 is 70.3 Å². The largest absolute Gasteiger partial charge is 0.370 e. The summed E-state index contributed by atoms with van der Waals surface area (Å²) in [5, 5.41) is 1.53. The minimum Gasteiger partial charge on any atom is -0.367 e. The second-order valence-electron chi connectivity index (χ2n) is 11.4. The van der Waals surface area contributed by atoms with Crippen molar-refractivity contribution in [3.05, 3.63) is 121 Å². The van der Waals surface area contributed by atoms with Crippen molar-refractivity contribution in [3.8, 4) is 5.69 Å². The number of hydrogen-bond acceptors (Lipinski definition) is 3. The lowest BCUT2D eigenvalue weighted by Crippen LogP contribution is -2.61. The van der Waals surface area contributed by atoms with Gasteiger partial charge in [0.05, 0.1) is 39.1 Å². The molecule has 7 heteroatoms. The minimum absolute atomic E-state index is 0.271. The molecule has 5 aromatic carbocycles. The van der Waals surface area contributed by atoms with Crippen LogP contribution >= 0.6 is 0 Å². The van der Waals surface area contributed by atoms with E-state index < -0.39 is 7.94 Å². The molecule has 5 nitrogen and oxygen atoms in total. The van der Waals surface area contributed by atoms with Crippen LogP contribution in [0.3, 0.4) is 0 Å². The Balaban J connectivity index is 1.29. The molecule has 2 aromatic heterocycles. The Kier molecular flexibility index (Phi) is 4.24. The molecule has 190 valence electrons. The first-order valence-corrected chi connectivity index (χ1v) is 16.9. The van der Waals surface area contributed by atoms with Crippen LogP contribution in [0.2, 0.25) is 13.1 Å². The first kappa shape index (κ1) is 22.1. The van der Waals surface area contributed by atoms with Gasteiger partial charge < -0.3 is 9.62 Å². The number of rotatable bonds is 2. The lowest BCUT2D eigenvalue weighted by Gasteiger charge is -2.32. The fraction of sp³-hybridized carbons (Fsp3) is 0.0606. The summed E-state index contributed by atoms with van der Waals surface area (Å²) in [4.78, 5) is 10.3. The number of para-hydroxylation sites is 7. The zero-order chi connectivity index (χ0) is 26.6. The van der Waals surface area contributed by atoms with Crippen molar-refractivity contribution in [3.63, 3.8) is 0 Å². The van der Waals surface area contributed by atoms with Crippen molar-refractivity contribution < 1.29 is 0 Å². The first-order valence-electron chi connectivity index (χ1n) is 13.9. The van der Waals surface area contributed by atoms with Gasteiger partial charge >= 0.3 is 6.57 Å². The van der Waals surface area contributed by atoms with Crippen LogP contribution in [0.4, 0.5) is 22.7 Å². The number of fused-ring (bicyclic) bond motifs is 10. The molecular formula is C33H26BN5Si. The highest BCUT2D eigenvalue weighted by atomic mass is 28.3. The van der Waals surface area contributed by atoms with E-state index >= 15 is 0 Å². The van der Waals surface area contributed by atoms with Gasteiger partial charge in [-0.05, 0) is 65.9 Å². The van der Waals surface area contributed by atoms with Gasteiger partial charge in [0, 0.05) is 11.4 Å². The highest BCUT2D eigenvalue weighted by Gasteiger charge is 2.58. The van der Waals surface area contributed by atoms with E-state index in [0.717, 1.165) is 33.5 Å². The number of hydrogen-bond donors (Lipinski definition) is 0. The Labute approximate surface area is 233 Å². The van der Waals surface area contributed by atoms with E-state index in [1.54, 1.807) is 0 Å². The number of aromatic nitrogens is 3. The predicted octanol–water partition coefficient (Wildman–Crippen LogP) is 7.22. The second-order valence-corrected chi connectivity index (χ2v) is 15.9. The van der Waals surface area contributed by atoms with Crippen molar-refractivity contribution in [2.45, 2.75) is 13.1 Å². The topological polar surface area (TPSA) is 28.7 Å². The highest BCUT2D eigenvalue weighted by Crippen LogP contribution is 2.51. The van der Waals surface area contributed by atoms with Gasteiger partial charge in [-0.3, -0.25) is 8.97 Å². The average molecular weight is 532 g/mol. The van der Waals surface area contributed by atoms with E-state index in [2.05, 4.69) is 153 Å². The van der Waals surface area contributed by atoms with Crippen LogP contribution in [-0.4, -0.2) is 28.5 Å². The zero-order valence-electron chi connectivity index (χ0n) is 22.4. The Morgan fingerprint density at radius 3 is 2.02 bits per heavy atom. The SMILES string of the molecule is C[Si]1(C)B2N(c3cccc(-n4c5ccccc5n5c6ccccc6nc45)c3)c3ccccc3N2c2ccccc21. The van der Waals surface area contributed by atoms with E-state index in [0.29, 0.717) is 0 Å². The molecule has 0 saturated heterocycles. The summed E-state index contributed by atoms with van der Waals surface area (Å²) in [5.41, 5.74) is 10.7. The van der Waals surface area contributed by atoms with Crippen molar-refractivity contribution in [2.24, 2.45) is 0 Å².